The Bertz CT molecular complexity index is 794. The van der Waals surface area contributed by atoms with Crippen LogP contribution in [-0.2, 0) is 6.54 Å². The smallest absolute Gasteiger partial charge is 0.123 e. The Morgan fingerprint density at radius 3 is 2.83 bits per heavy atom. The van der Waals surface area contributed by atoms with E-state index in [0.717, 1.165) is 30.3 Å². The van der Waals surface area contributed by atoms with Gasteiger partial charge in [-0.3, -0.25) is 0 Å². The fraction of sp³-hybridized carbons (Fsp3) is 0.300. The van der Waals surface area contributed by atoms with Gasteiger partial charge in [-0.05, 0) is 54.5 Å². The fourth-order valence-electron chi connectivity index (χ4n) is 3.76. The van der Waals surface area contributed by atoms with Crippen LogP contribution in [0.4, 0.5) is 4.39 Å². The van der Waals surface area contributed by atoms with Crippen LogP contribution in [0.3, 0.4) is 0 Å². The highest BCUT2D eigenvalue weighted by molar-refractivity contribution is 5.83. The Labute approximate surface area is 135 Å². The largest absolute Gasteiger partial charge is 0.361 e. The second-order valence-electron chi connectivity index (χ2n) is 6.51. The van der Waals surface area contributed by atoms with Crippen LogP contribution in [0.1, 0.15) is 36.3 Å². The summed E-state index contributed by atoms with van der Waals surface area (Å²) in [7, 11) is 0. The maximum Gasteiger partial charge on any atom is 0.123 e. The number of aromatic amines is 1. The van der Waals surface area contributed by atoms with Crippen LogP contribution < -0.4 is 5.32 Å². The third-order valence-corrected chi connectivity index (χ3v) is 4.99. The topological polar surface area (TPSA) is 27.8 Å². The molecule has 3 heteroatoms. The van der Waals surface area contributed by atoms with Gasteiger partial charge in [0.1, 0.15) is 5.82 Å². The van der Waals surface area contributed by atoms with Gasteiger partial charge in [-0.1, -0.05) is 30.3 Å². The predicted octanol–water partition coefficient (Wildman–Crippen LogP) is 4.73. The average Bonchev–Trinajstić information content (AvgIpc) is 3.20. The van der Waals surface area contributed by atoms with Crippen LogP contribution in [0.5, 0.6) is 0 Å². The zero-order valence-corrected chi connectivity index (χ0v) is 13.1. The second-order valence-corrected chi connectivity index (χ2v) is 6.51. The maximum absolute atomic E-state index is 13.5. The van der Waals surface area contributed by atoms with Crippen molar-refractivity contribution in [2.24, 2.45) is 0 Å². The van der Waals surface area contributed by atoms with Crippen molar-refractivity contribution in [2.45, 2.75) is 37.8 Å². The average molecular weight is 308 g/mol. The molecule has 2 nitrogen and oxygen atoms in total. The number of hydrogen-bond donors (Lipinski definition) is 2. The summed E-state index contributed by atoms with van der Waals surface area (Å²) in [5, 5.41) is 4.71. The van der Waals surface area contributed by atoms with Gasteiger partial charge >= 0.3 is 0 Å². The van der Waals surface area contributed by atoms with Crippen LogP contribution in [0.25, 0.3) is 10.9 Å². The second kappa shape index (κ2) is 6.17. The summed E-state index contributed by atoms with van der Waals surface area (Å²) >= 11 is 0. The molecule has 1 heterocycles. The third kappa shape index (κ3) is 3.02. The van der Waals surface area contributed by atoms with E-state index >= 15 is 0 Å². The van der Waals surface area contributed by atoms with Crippen molar-refractivity contribution in [3.05, 3.63) is 71.7 Å². The number of aromatic nitrogens is 1. The van der Waals surface area contributed by atoms with E-state index in [2.05, 4.69) is 40.8 Å². The standard InChI is InChI=1S/C20H21FN2/c21-16-7-9-20-18(11-16)19(13-23-20)15-6-8-17(10-15)22-12-14-4-2-1-3-5-14/h1-5,7,9,11,13,15,17,22-23H,6,8,10,12H2/t15-,17+/m0/s1. The number of fused-ring (bicyclic) bond motifs is 1. The van der Waals surface area contributed by atoms with Crippen LogP contribution in [0.2, 0.25) is 0 Å². The lowest BCUT2D eigenvalue weighted by atomic mass is 9.97. The molecule has 0 aliphatic heterocycles. The fourth-order valence-corrected chi connectivity index (χ4v) is 3.76. The van der Waals surface area contributed by atoms with Gasteiger partial charge in [-0.25, -0.2) is 4.39 Å². The molecule has 2 aromatic carbocycles. The van der Waals surface area contributed by atoms with Crippen LogP contribution >= 0.6 is 0 Å². The van der Waals surface area contributed by atoms with Crippen LogP contribution in [0, 0.1) is 5.82 Å². The Morgan fingerprint density at radius 2 is 1.96 bits per heavy atom. The zero-order valence-electron chi connectivity index (χ0n) is 13.1. The highest BCUT2D eigenvalue weighted by Crippen LogP contribution is 2.38. The molecule has 0 unspecified atom stereocenters. The normalized spacial score (nSPS) is 21.1. The van der Waals surface area contributed by atoms with Crippen LogP contribution in [-0.4, -0.2) is 11.0 Å². The summed E-state index contributed by atoms with van der Waals surface area (Å²) < 4.78 is 13.5. The Kier molecular flexibility index (Phi) is 3.88. The summed E-state index contributed by atoms with van der Waals surface area (Å²) in [6.07, 6.45) is 5.53. The number of halogens is 1. The van der Waals surface area contributed by atoms with E-state index in [1.54, 1.807) is 6.07 Å². The SMILES string of the molecule is Fc1ccc2[nH]cc([C@H]3CC[C@@H](NCc4ccccc4)C3)c2c1. The van der Waals surface area contributed by atoms with Crippen molar-refractivity contribution in [3.8, 4) is 0 Å². The van der Waals surface area contributed by atoms with E-state index in [1.165, 1.54) is 23.6 Å². The molecule has 1 aliphatic carbocycles. The first-order valence-electron chi connectivity index (χ1n) is 8.33. The molecule has 1 aromatic heterocycles. The molecule has 2 N–H and O–H groups in total. The number of nitrogens with one attached hydrogen (secondary N) is 2. The molecule has 23 heavy (non-hydrogen) atoms. The molecule has 1 saturated carbocycles. The van der Waals surface area contributed by atoms with E-state index in [4.69, 9.17) is 0 Å². The quantitative estimate of drug-likeness (QED) is 0.716. The predicted molar refractivity (Wildman–Crippen MR) is 91.9 cm³/mol. The van der Waals surface area contributed by atoms with Crippen LogP contribution in [0.15, 0.2) is 54.7 Å². The van der Waals surface area contributed by atoms with E-state index in [-0.39, 0.29) is 5.82 Å². The molecule has 0 radical (unpaired) electrons. The molecule has 4 rings (SSSR count). The molecule has 3 aromatic rings. The summed E-state index contributed by atoms with van der Waals surface area (Å²) in [6, 6.07) is 16.1. The summed E-state index contributed by atoms with van der Waals surface area (Å²) in [5.41, 5.74) is 3.62. The Morgan fingerprint density at radius 1 is 1.09 bits per heavy atom. The van der Waals surface area contributed by atoms with Crippen molar-refractivity contribution < 1.29 is 4.39 Å². The minimum absolute atomic E-state index is 0.157. The van der Waals surface area contributed by atoms with Crippen molar-refractivity contribution >= 4 is 10.9 Å². The van der Waals surface area contributed by atoms with Crippen molar-refractivity contribution in [3.63, 3.8) is 0 Å². The van der Waals surface area contributed by atoms with Crippen molar-refractivity contribution in [1.29, 1.82) is 0 Å². The Hall–Kier alpha value is -2.13. The minimum atomic E-state index is -0.157. The van der Waals surface area contributed by atoms with E-state index in [9.17, 15) is 4.39 Å². The van der Waals surface area contributed by atoms with E-state index in [1.807, 2.05) is 12.1 Å². The lowest BCUT2D eigenvalue weighted by Gasteiger charge is -2.13. The summed E-state index contributed by atoms with van der Waals surface area (Å²) in [6.45, 7) is 0.917. The molecule has 0 bridgehead atoms. The van der Waals surface area contributed by atoms with E-state index in [0.29, 0.717) is 12.0 Å². The van der Waals surface area contributed by atoms with Crippen molar-refractivity contribution in [2.75, 3.05) is 0 Å². The molecule has 0 saturated heterocycles. The first-order chi connectivity index (χ1) is 11.3. The third-order valence-electron chi connectivity index (χ3n) is 4.99. The molecule has 0 amide bonds. The molecule has 1 fully saturated rings. The number of H-pyrrole nitrogens is 1. The van der Waals surface area contributed by atoms with Gasteiger partial charge in [-0.15, -0.1) is 0 Å². The monoisotopic (exact) mass is 308 g/mol. The van der Waals surface area contributed by atoms with Gasteiger partial charge < -0.3 is 10.3 Å². The lowest BCUT2D eigenvalue weighted by molar-refractivity contribution is 0.518. The Balaban J connectivity index is 1.44. The molecular weight excluding hydrogens is 287 g/mol. The number of hydrogen-bond acceptors (Lipinski definition) is 1. The molecular formula is C20H21FN2. The maximum atomic E-state index is 13.5. The first kappa shape index (κ1) is 14.5. The van der Waals surface area contributed by atoms with Gasteiger partial charge in [0.05, 0.1) is 0 Å². The molecule has 118 valence electrons. The van der Waals surface area contributed by atoms with Gasteiger partial charge in [-0.2, -0.15) is 0 Å². The number of rotatable bonds is 4. The van der Waals surface area contributed by atoms with Crippen molar-refractivity contribution in [1.82, 2.24) is 10.3 Å². The van der Waals surface area contributed by atoms with Gasteiger partial charge in [0.25, 0.3) is 0 Å². The highest BCUT2D eigenvalue weighted by Gasteiger charge is 2.27. The first-order valence-corrected chi connectivity index (χ1v) is 8.33. The van der Waals surface area contributed by atoms with Gasteiger partial charge in [0.2, 0.25) is 0 Å². The molecule has 0 spiro atoms. The zero-order chi connectivity index (χ0) is 15.6. The van der Waals surface area contributed by atoms with Gasteiger partial charge in [0, 0.05) is 29.7 Å². The van der Waals surface area contributed by atoms with E-state index < -0.39 is 0 Å². The highest BCUT2D eigenvalue weighted by atomic mass is 19.1. The minimum Gasteiger partial charge on any atom is -0.361 e. The lowest BCUT2D eigenvalue weighted by Crippen LogP contribution is -2.25. The molecule has 2 atom stereocenters. The molecule has 1 aliphatic rings. The summed E-state index contributed by atoms with van der Waals surface area (Å²) in [4.78, 5) is 3.28. The summed E-state index contributed by atoms with van der Waals surface area (Å²) in [5.74, 6) is 0.355. The van der Waals surface area contributed by atoms with Gasteiger partial charge in [0.15, 0.2) is 0 Å². The number of benzene rings is 2.